The van der Waals surface area contributed by atoms with Crippen molar-refractivity contribution in [1.29, 1.82) is 0 Å². The summed E-state index contributed by atoms with van der Waals surface area (Å²) in [7, 11) is -3.83. The third-order valence-corrected chi connectivity index (χ3v) is 5.65. The van der Waals surface area contributed by atoms with Gasteiger partial charge in [-0.15, -0.1) is 11.3 Å². The van der Waals surface area contributed by atoms with Crippen molar-refractivity contribution in [3.05, 3.63) is 49.5 Å². The van der Waals surface area contributed by atoms with Gasteiger partial charge in [0.05, 0.1) is 14.8 Å². The highest BCUT2D eigenvalue weighted by molar-refractivity contribution is 7.89. The van der Waals surface area contributed by atoms with Crippen LogP contribution < -0.4 is 4.72 Å². The predicted molar refractivity (Wildman–Crippen MR) is 83.4 cm³/mol. The Hall–Kier alpha value is -1.84. The molecular weight excluding hydrogens is 326 g/mol. The zero-order valence-electron chi connectivity index (χ0n) is 12.3. The minimum absolute atomic E-state index is 0.0690. The molecule has 0 fully saturated rings. The molecule has 0 unspecified atom stereocenters. The maximum atomic E-state index is 12.4. The molecule has 0 bridgehead atoms. The van der Waals surface area contributed by atoms with Crippen molar-refractivity contribution in [2.75, 3.05) is 0 Å². The number of nitro benzene ring substituents is 1. The molecule has 0 aliphatic carbocycles. The number of thiazole rings is 1. The molecule has 0 amide bonds. The molecule has 118 valence electrons. The van der Waals surface area contributed by atoms with E-state index >= 15 is 0 Å². The lowest BCUT2D eigenvalue weighted by Crippen LogP contribution is -2.24. The third-order valence-electron chi connectivity index (χ3n) is 3.21. The normalized spacial score (nSPS) is 11.6. The zero-order chi connectivity index (χ0) is 16.5. The second kappa shape index (κ2) is 6.11. The molecule has 0 aliphatic rings. The van der Waals surface area contributed by atoms with Crippen LogP contribution in [0.25, 0.3) is 0 Å². The van der Waals surface area contributed by atoms with Crippen LogP contribution in [0.5, 0.6) is 0 Å². The summed E-state index contributed by atoms with van der Waals surface area (Å²) in [5, 5.41) is 11.8. The van der Waals surface area contributed by atoms with Crippen LogP contribution in [0.1, 0.15) is 21.0 Å². The highest BCUT2D eigenvalue weighted by Gasteiger charge is 2.22. The number of nitrogens with one attached hydrogen (secondary N) is 1. The molecule has 7 nitrogen and oxygen atoms in total. The zero-order valence-corrected chi connectivity index (χ0v) is 13.9. The van der Waals surface area contributed by atoms with E-state index in [4.69, 9.17) is 0 Å². The second-order valence-electron chi connectivity index (χ2n) is 4.81. The molecule has 2 rings (SSSR count). The van der Waals surface area contributed by atoms with E-state index < -0.39 is 14.9 Å². The van der Waals surface area contributed by atoms with Crippen molar-refractivity contribution in [2.45, 2.75) is 32.2 Å². The molecule has 2 aromatic rings. The Balaban J connectivity index is 2.34. The van der Waals surface area contributed by atoms with Crippen LogP contribution in [0.2, 0.25) is 0 Å². The molecule has 9 heteroatoms. The summed E-state index contributed by atoms with van der Waals surface area (Å²) in [5.41, 5.74) is 0.818. The summed E-state index contributed by atoms with van der Waals surface area (Å²) < 4.78 is 27.3. The summed E-state index contributed by atoms with van der Waals surface area (Å²) in [6.45, 7) is 5.21. The molecule has 0 radical (unpaired) electrons. The predicted octanol–water partition coefficient (Wildman–Crippen LogP) is 2.46. The van der Waals surface area contributed by atoms with Crippen molar-refractivity contribution in [3.63, 3.8) is 0 Å². The van der Waals surface area contributed by atoms with Crippen molar-refractivity contribution in [2.24, 2.45) is 0 Å². The molecule has 22 heavy (non-hydrogen) atoms. The van der Waals surface area contributed by atoms with Gasteiger partial charge in [0.1, 0.15) is 0 Å². The molecule has 0 spiro atoms. The second-order valence-corrected chi connectivity index (χ2v) is 7.87. The maximum absolute atomic E-state index is 12.4. The van der Waals surface area contributed by atoms with Crippen molar-refractivity contribution in [1.82, 2.24) is 9.71 Å². The number of hydrogen-bond donors (Lipinski definition) is 1. The molecule has 0 saturated carbocycles. The first-order chi connectivity index (χ1) is 10.2. The maximum Gasteiger partial charge on any atom is 0.271 e. The van der Waals surface area contributed by atoms with Gasteiger partial charge in [-0.05, 0) is 31.9 Å². The van der Waals surface area contributed by atoms with E-state index in [1.165, 1.54) is 17.4 Å². The number of hydrogen-bond acceptors (Lipinski definition) is 6. The largest absolute Gasteiger partial charge is 0.271 e. The summed E-state index contributed by atoms with van der Waals surface area (Å²) in [6, 6.07) is 2.45. The number of nitro groups is 1. The molecule has 0 saturated heterocycles. The van der Waals surface area contributed by atoms with Gasteiger partial charge in [-0.25, -0.2) is 18.1 Å². The third kappa shape index (κ3) is 3.49. The van der Waals surface area contributed by atoms with Crippen LogP contribution in [-0.2, 0) is 16.6 Å². The Morgan fingerprint density at radius 2 is 2.00 bits per heavy atom. The van der Waals surface area contributed by atoms with E-state index in [1.54, 1.807) is 20.0 Å². The van der Waals surface area contributed by atoms with Crippen molar-refractivity contribution < 1.29 is 13.3 Å². The topological polar surface area (TPSA) is 102 Å². The van der Waals surface area contributed by atoms with Gasteiger partial charge in [-0.3, -0.25) is 10.1 Å². The van der Waals surface area contributed by atoms with Gasteiger partial charge in [0.15, 0.2) is 0 Å². The first kappa shape index (κ1) is 16.5. The number of non-ortho nitro benzene ring substituents is 1. The van der Waals surface area contributed by atoms with Gasteiger partial charge >= 0.3 is 0 Å². The SMILES string of the molecule is Cc1ncc(CNS(=O)(=O)c2cc([N+](=O)[O-])cc(C)c2C)s1. The Bertz CT molecular complexity index is 828. The van der Waals surface area contributed by atoms with Crippen molar-refractivity contribution in [3.8, 4) is 0 Å². The number of sulfonamides is 1. The molecule has 1 heterocycles. The summed E-state index contributed by atoms with van der Waals surface area (Å²) in [5.74, 6) is 0. The molecular formula is C13H15N3O4S2. The number of aryl methyl sites for hydroxylation is 2. The highest BCUT2D eigenvalue weighted by Crippen LogP contribution is 2.25. The van der Waals surface area contributed by atoms with E-state index in [0.29, 0.717) is 11.1 Å². The summed E-state index contributed by atoms with van der Waals surface area (Å²) >= 11 is 1.39. The highest BCUT2D eigenvalue weighted by atomic mass is 32.2. The van der Waals surface area contributed by atoms with Gasteiger partial charge in [0, 0.05) is 29.8 Å². The molecule has 1 aromatic heterocycles. The summed E-state index contributed by atoms with van der Waals surface area (Å²) in [4.78, 5) is 15.1. The Morgan fingerprint density at radius 3 is 2.55 bits per heavy atom. The van der Waals surface area contributed by atoms with E-state index in [1.807, 2.05) is 6.92 Å². The first-order valence-corrected chi connectivity index (χ1v) is 8.67. The van der Waals surface area contributed by atoms with E-state index in [2.05, 4.69) is 9.71 Å². The Morgan fingerprint density at radius 1 is 1.32 bits per heavy atom. The number of benzene rings is 1. The van der Waals surface area contributed by atoms with Crippen LogP contribution >= 0.6 is 11.3 Å². The summed E-state index contributed by atoms with van der Waals surface area (Å²) in [6.07, 6.45) is 1.61. The number of rotatable bonds is 5. The number of aromatic nitrogens is 1. The molecule has 1 N–H and O–H groups in total. The van der Waals surface area contributed by atoms with Gasteiger partial charge in [0.25, 0.3) is 5.69 Å². The first-order valence-electron chi connectivity index (χ1n) is 6.37. The van der Waals surface area contributed by atoms with Gasteiger partial charge in [0.2, 0.25) is 10.0 Å². The minimum atomic E-state index is -3.83. The fraction of sp³-hybridized carbons (Fsp3) is 0.308. The van der Waals surface area contributed by atoms with Gasteiger partial charge in [-0.2, -0.15) is 0 Å². The molecule has 0 aliphatic heterocycles. The monoisotopic (exact) mass is 341 g/mol. The Labute approximate surface area is 132 Å². The fourth-order valence-corrected chi connectivity index (χ4v) is 4.09. The van der Waals surface area contributed by atoms with E-state index in [0.717, 1.165) is 16.0 Å². The van der Waals surface area contributed by atoms with Crippen LogP contribution in [0, 0.1) is 30.9 Å². The van der Waals surface area contributed by atoms with Crippen molar-refractivity contribution >= 4 is 27.0 Å². The molecule has 0 atom stereocenters. The van der Waals surface area contributed by atoms with E-state index in [-0.39, 0.29) is 17.1 Å². The lowest BCUT2D eigenvalue weighted by atomic mass is 10.1. The standard InChI is InChI=1S/C13H15N3O4S2/c1-8-4-11(16(17)18)5-13(9(8)2)22(19,20)15-7-12-6-14-10(3)21-12/h4-6,15H,7H2,1-3H3. The van der Waals surface area contributed by atoms with Crippen LogP contribution in [0.3, 0.4) is 0 Å². The van der Waals surface area contributed by atoms with Gasteiger partial charge < -0.3 is 0 Å². The Kier molecular flexibility index (Phi) is 4.59. The van der Waals surface area contributed by atoms with E-state index in [9.17, 15) is 18.5 Å². The average Bonchev–Trinajstić information content (AvgIpc) is 2.85. The average molecular weight is 341 g/mol. The lowest BCUT2D eigenvalue weighted by molar-refractivity contribution is -0.385. The van der Waals surface area contributed by atoms with Crippen LogP contribution in [-0.4, -0.2) is 18.3 Å². The lowest BCUT2D eigenvalue weighted by Gasteiger charge is -2.10. The fourth-order valence-electron chi connectivity index (χ4n) is 1.92. The number of nitrogens with zero attached hydrogens (tertiary/aromatic N) is 2. The molecule has 1 aromatic carbocycles. The quantitative estimate of drug-likeness (QED) is 0.665. The van der Waals surface area contributed by atoms with Crippen LogP contribution in [0.15, 0.2) is 23.2 Å². The van der Waals surface area contributed by atoms with Crippen LogP contribution in [0.4, 0.5) is 5.69 Å². The van der Waals surface area contributed by atoms with Gasteiger partial charge in [-0.1, -0.05) is 0 Å². The smallest absolute Gasteiger partial charge is 0.258 e. The minimum Gasteiger partial charge on any atom is -0.258 e.